The van der Waals surface area contributed by atoms with Crippen molar-refractivity contribution in [3.8, 4) is 11.8 Å². The summed E-state index contributed by atoms with van der Waals surface area (Å²) in [4.78, 5) is 7.92. The van der Waals surface area contributed by atoms with Gasteiger partial charge in [0.1, 0.15) is 6.33 Å². The second-order valence-electron chi connectivity index (χ2n) is 3.34. The topological polar surface area (TPSA) is 96.7 Å². The molecular weight excluding hydrogens is 226 g/mol. The fourth-order valence-corrected chi connectivity index (χ4v) is 1.31. The second-order valence-corrected chi connectivity index (χ2v) is 3.34. The first-order valence-corrected chi connectivity index (χ1v) is 5.14. The summed E-state index contributed by atoms with van der Waals surface area (Å²) in [6.45, 7) is 0.356. The lowest BCUT2D eigenvalue weighted by atomic mass is 10.3. The van der Waals surface area contributed by atoms with Crippen LogP contribution in [0.3, 0.4) is 0 Å². The summed E-state index contributed by atoms with van der Waals surface area (Å²) >= 11 is 0. The summed E-state index contributed by atoms with van der Waals surface area (Å²) in [7, 11) is 3.02. The Balaban J connectivity index is 2.67. The third-order valence-electron chi connectivity index (χ3n) is 2.15. The van der Waals surface area contributed by atoms with Crippen molar-refractivity contribution in [2.75, 3.05) is 27.4 Å². The number of nitrogens with one attached hydrogen (secondary N) is 1. The molecule has 7 nitrogen and oxygen atoms in total. The van der Waals surface area contributed by atoms with Gasteiger partial charge in [0.05, 0.1) is 32.5 Å². The minimum absolute atomic E-state index is 0.262. The van der Waals surface area contributed by atoms with Crippen molar-refractivity contribution in [1.29, 1.82) is 0 Å². The molecular formula is C10H17N3O4. The molecule has 0 radical (unpaired) electrons. The molecule has 0 spiro atoms. The number of hydrogen-bond acceptors (Lipinski definition) is 7. The molecule has 0 bridgehead atoms. The van der Waals surface area contributed by atoms with Gasteiger partial charge in [0.15, 0.2) is 0 Å². The van der Waals surface area contributed by atoms with Crippen molar-refractivity contribution >= 4 is 0 Å². The quantitative estimate of drug-likeness (QED) is 0.561. The largest absolute Gasteiger partial charge is 0.481 e. The van der Waals surface area contributed by atoms with Crippen LogP contribution in [0.15, 0.2) is 6.33 Å². The first kappa shape index (κ1) is 13.6. The van der Waals surface area contributed by atoms with Gasteiger partial charge in [-0.05, 0) is 0 Å². The number of aliphatic hydroxyl groups excluding tert-OH is 2. The average molecular weight is 243 g/mol. The maximum absolute atomic E-state index is 9.18. The number of nitrogens with zero attached hydrogens (tertiary/aromatic N) is 2. The molecule has 0 saturated carbocycles. The van der Waals surface area contributed by atoms with Crippen LogP contribution in [0.5, 0.6) is 11.8 Å². The van der Waals surface area contributed by atoms with Gasteiger partial charge in [-0.25, -0.2) is 9.97 Å². The highest BCUT2D eigenvalue weighted by Gasteiger charge is 2.12. The minimum Gasteiger partial charge on any atom is -0.481 e. The molecule has 1 rings (SSSR count). The zero-order valence-electron chi connectivity index (χ0n) is 9.88. The molecule has 0 aliphatic rings. The Kier molecular flexibility index (Phi) is 5.61. The van der Waals surface area contributed by atoms with E-state index < -0.39 is 6.10 Å². The molecule has 0 aliphatic carbocycles. The van der Waals surface area contributed by atoms with Gasteiger partial charge in [0, 0.05) is 13.1 Å². The first-order valence-electron chi connectivity index (χ1n) is 5.14. The minimum atomic E-state index is -0.795. The predicted molar refractivity (Wildman–Crippen MR) is 59.9 cm³/mol. The number of rotatable bonds is 7. The summed E-state index contributed by atoms with van der Waals surface area (Å²) in [5.41, 5.74) is 0.669. The first-order chi connectivity index (χ1) is 8.22. The zero-order valence-corrected chi connectivity index (χ0v) is 9.88. The smallest absolute Gasteiger partial charge is 0.224 e. The van der Waals surface area contributed by atoms with Crippen LogP contribution in [0.2, 0.25) is 0 Å². The molecule has 1 unspecified atom stereocenters. The lowest BCUT2D eigenvalue weighted by Gasteiger charge is -2.12. The number of methoxy groups -OCH3 is 2. The molecule has 1 atom stereocenters. The van der Waals surface area contributed by atoms with E-state index in [0.29, 0.717) is 23.9 Å². The highest BCUT2D eigenvalue weighted by Crippen LogP contribution is 2.22. The van der Waals surface area contributed by atoms with Gasteiger partial charge in [0.2, 0.25) is 11.8 Å². The lowest BCUT2D eigenvalue weighted by Crippen LogP contribution is -2.29. The van der Waals surface area contributed by atoms with Crippen LogP contribution >= 0.6 is 0 Å². The van der Waals surface area contributed by atoms with Crippen LogP contribution in [0, 0.1) is 0 Å². The third-order valence-corrected chi connectivity index (χ3v) is 2.15. The van der Waals surface area contributed by atoms with E-state index in [9.17, 15) is 5.11 Å². The number of ether oxygens (including phenoxy) is 2. The van der Waals surface area contributed by atoms with Gasteiger partial charge in [-0.15, -0.1) is 0 Å². The van der Waals surface area contributed by atoms with E-state index in [0.717, 1.165) is 0 Å². The number of aliphatic hydroxyl groups is 2. The van der Waals surface area contributed by atoms with Crippen LogP contribution in [0.4, 0.5) is 0 Å². The Morgan fingerprint density at radius 1 is 1.29 bits per heavy atom. The van der Waals surface area contributed by atoms with Crippen LogP contribution in [-0.2, 0) is 6.54 Å². The fraction of sp³-hybridized carbons (Fsp3) is 0.600. The summed E-state index contributed by atoms with van der Waals surface area (Å²) in [6.07, 6.45) is 0.556. The van der Waals surface area contributed by atoms with E-state index in [2.05, 4.69) is 15.3 Å². The van der Waals surface area contributed by atoms with Gasteiger partial charge in [-0.3, -0.25) is 0 Å². The van der Waals surface area contributed by atoms with E-state index in [1.807, 2.05) is 0 Å². The molecule has 0 fully saturated rings. The summed E-state index contributed by atoms with van der Waals surface area (Å²) in [5.74, 6) is 0.839. The molecule has 1 aromatic rings. The van der Waals surface area contributed by atoms with Crippen molar-refractivity contribution in [3.63, 3.8) is 0 Å². The van der Waals surface area contributed by atoms with E-state index in [1.165, 1.54) is 20.5 Å². The number of aromatic nitrogens is 2. The molecule has 17 heavy (non-hydrogen) atoms. The molecule has 1 aromatic heterocycles. The number of hydrogen-bond donors (Lipinski definition) is 3. The van der Waals surface area contributed by atoms with Gasteiger partial charge >= 0.3 is 0 Å². The third kappa shape index (κ3) is 3.81. The maximum atomic E-state index is 9.18. The highest BCUT2D eigenvalue weighted by atomic mass is 16.5. The lowest BCUT2D eigenvalue weighted by molar-refractivity contribution is 0.0941. The predicted octanol–water partition coefficient (Wildman–Crippen LogP) is -1.06. The van der Waals surface area contributed by atoms with Crippen molar-refractivity contribution in [2.45, 2.75) is 12.6 Å². The Bertz CT molecular complexity index is 326. The monoisotopic (exact) mass is 243 g/mol. The molecule has 1 heterocycles. The normalized spacial score (nSPS) is 12.2. The van der Waals surface area contributed by atoms with Crippen LogP contribution < -0.4 is 14.8 Å². The molecule has 0 aliphatic heterocycles. The van der Waals surface area contributed by atoms with E-state index in [1.54, 1.807) is 0 Å². The van der Waals surface area contributed by atoms with Crippen molar-refractivity contribution in [2.24, 2.45) is 0 Å². The molecule has 3 N–H and O–H groups in total. The van der Waals surface area contributed by atoms with Crippen molar-refractivity contribution in [1.82, 2.24) is 15.3 Å². The molecule has 0 aromatic carbocycles. The Labute approximate surface area is 99.4 Å². The average Bonchev–Trinajstić information content (AvgIpc) is 2.38. The van der Waals surface area contributed by atoms with E-state index in [4.69, 9.17) is 14.6 Å². The van der Waals surface area contributed by atoms with E-state index in [-0.39, 0.29) is 13.2 Å². The SMILES string of the molecule is COc1ncnc(OC)c1CNCC(O)CO. The highest BCUT2D eigenvalue weighted by molar-refractivity contribution is 5.34. The Morgan fingerprint density at radius 3 is 2.35 bits per heavy atom. The van der Waals surface area contributed by atoms with Crippen LogP contribution in [0.25, 0.3) is 0 Å². The molecule has 96 valence electrons. The molecule has 0 saturated heterocycles. The van der Waals surface area contributed by atoms with Gasteiger partial charge in [0.25, 0.3) is 0 Å². The standard InChI is InChI=1S/C10H17N3O4/c1-16-9-8(4-11-3-7(15)5-14)10(17-2)13-6-12-9/h6-7,11,14-15H,3-5H2,1-2H3. The molecule has 0 amide bonds. The van der Waals surface area contributed by atoms with Crippen LogP contribution in [-0.4, -0.2) is 53.7 Å². The molecule has 7 heteroatoms. The maximum Gasteiger partial charge on any atom is 0.224 e. The van der Waals surface area contributed by atoms with Gasteiger partial charge in [-0.2, -0.15) is 0 Å². The van der Waals surface area contributed by atoms with Crippen molar-refractivity contribution < 1.29 is 19.7 Å². The summed E-state index contributed by atoms with van der Waals surface area (Å²) in [6, 6.07) is 0. The van der Waals surface area contributed by atoms with Crippen molar-refractivity contribution in [3.05, 3.63) is 11.9 Å². The zero-order chi connectivity index (χ0) is 12.7. The second kappa shape index (κ2) is 7.00. The Morgan fingerprint density at radius 2 is 1.88 bits per heavy atom. The van der Waals surface area contributed by atoms with E-state index >= 15 is 0 Å². The summed E-state index contributed by atoms with van der Waals surface area (Å²) in [5, 5.41) is 20.8. The van der Waals surface area contributed by atoms with Gasteiger partial charge in [-0.1, -0.05) is 0 Å². The fourth-order valence-electron chi connectivity index (χ4n) is 1.31. The van der Waals surface area contributed by atoms with Crippen LogP contribution in [0.1, 0.15) is 5.56 Å². The summed E-state index contributed by atoms with van der Waals surface area (Å²) < 4.78 is 10.2. The van der Waals surface area contributed by atoms with Gasteiger partial charge < -0.3 is 25.0 Å². The Hall–Kier alpha value is -1.44.